The second kappa shape index (κ2) is 11.6. The van der Waals surface area contributed by atoms with Crippen LogP contribution >= 0.6 is 0 Å². The average Bonchev–Trinajstić information content (AvgIpc) is 4.16. The number of hydrogen-bond donors (Lipinski definition) is 0. The number of nitriles is 1. The molecule has 9 aliphatic rings. The van der Waals surface area contributed by atoms with Crippen LogP contribution in [0.1, 0.15) is 179 Å². The zero-order chi connectivity index (χ0) is 43.4. The largest absolute Gasteiger partial charge is 0.309 e. The lowest BCUT2D eigenvalue weighted by molar-refractivity contribution is -0.00508. The summed E-state index contributed by atoms with van der Waals surface area (Å²) in [6.07, 6.45) is 20.7. The normalized spacial score (nSPS) is 27.7. The first-order valence-electron chi connectivity index (χ1n) is 25.8. The first-order chi connectivity index (χ1) is 31.5. The van der Waals surface area contributed by atoms with E-state index < -0.39 is 0 Å². The minimum atomic E-state index is -0.0346. The molecular formula is C61H58N4. The van der Waals surface area contributed by atoms with Crippen molar-refractivity contribution in [2.24, 2.45) is 17.8 Å². The predicted octanol–water partition coefficient (Wildman–Crippen LogP) is 16.3. The first kappa shape index (κ1) is 36.8. The summed E-state index contributed by atoms with van der Waals surface area (Å²) in [6, 6.07) is 18.0. The molecule has 322 valence electrons. The molecule has 65 heavy (non-hydrogen) atoms. The van der Waals surface area contributed by atoms with Crippen LogP contribution in [-0.4, -0.2) is 8.80 Å². The van der Waals surface area contributed by atoms with Crippen molar-refractivity contribution in [3.63, 3.8) is 0 Å². The monoisotopic (exact) mass is 846 g/mol. The van der Waals surface area contributed by atoms with Crippen LogP contribution in [0.5, 0.6) is 0 Å². The lowest BCUT2D eigenvalue weighted by Crippen LogP contribution is -2.48. The third kappa shape index (κ3) is 4.17. The molecule has 6 saturated carbocycles. The van der Waals surface area contributed by atoms with Crippen LogP contribution in [0.25, 0.3) is 81.0 Å². The van der Waals surface area contributed by atoms with Gasteiger partial charge in [-0.3, -0.25) is 0 Å². The maximum absolute atomic E-state index is 10.9. The smallest absolute Gasteiger partial charge is 0.193 e. The Balaban J connectivity index is 1.11. The standard InChI is InChI=1S/C61H58N4/c1-30-48-41-21-38(59(3,4)5)22-44-53-46(20-37(29-62)50-35-9-11-36(12-10-35)51(50)53)64(58(41)44)55(48)31(2)49-42-23-39(61-26-32-17-33(27-61)19-34(18-32)28-61)24-43-52-40-13-16-60(14-7-8-15-60)54(40)45(63-6)25-47(52)65(56(30)49)57(42)43/h20-25,32-36H,7-19,26-28H2,1-5H3. The fraction of sp³-hybridized carbons (Fsp3) is 0.475. The van der Waals surface area contributed by atoms with Gasteiger partial charge in [0.1, 0.15) is 0 Å². The van der Waals surface area contributed by atoms with E-state index in [4.69, 9.17) is 6.57 Å². The summed E-state index contributed by atoms with van der Waals surface area (Å²) >= 11 is 0. The molecule has 5 aromatic carbocycles. The van der Waals surface area contributed by atoms with Gasteiger partial charge in [0.15, 0.2) is 5.69 Å². The van der Waals surface area contributed by atoms with Crippen molar-refractivity contribution in [1.29, 1.82) is 5.26 Å². The molecule has 0 N–H and O–H groups in total. The van der Waals surface area contributed by atoms with E-state index in [-0.39, 0.29) is 16.2 Å². The molecule has 1 spiro atoms. The zero-order valence-electron chi connectivity index (χ0n) is 39.0. The number of aryl methyl sites for hydroxylation is 3. The molecule has 9 aromatic rings. The van der Waals surface area contributed by atoms with Crippen LogP contribution in [0, 0.1) is 49.5 Å². The van der Waals surface area contributed by atoms with Gasteiger partial charge < -0.3 is 8.80 Å². The predicted molar refractivity (Wildman–Crippen MR) is 267 cm³/mol. The fourth-order valence-electron chi connectivity index (χ4n) is 18.6. The summed E-state index contributed by atoms with van der Waals surface area (Å²) in [5, 5.41) is 22.3. The van der Waals surface area contributed by atoms with Gasteiger partial charge in [-0.05, 0) is 230 Å². The Kier molecular flexibility index (Phi) is 6.58. The van der Waals surface area contributed by atoms with Crippen molar-refractivity contribution in [2.45, 2.75) is 165 Å². The van der Waals surface area contributed by atoms with Gasteiger partial charge in [-0.1, -0.05) is 33.6 Å². The number of fused-ring (bicyclic) bond motifs is 17. The van der Waals surface area contributed by atoms with Gasteiger partial charge in [0.25, 0.3) is 0 Å². The van der Waals surface area contributed by atoms with Crippen molar-refractivity contribution < 1.29 is 0 Å². The highest BCUT2D eigenvalue weighted by molar-refractivity contribution is 6.32. The van der Waals surface area contributed by atoms with E-state index in [1.54, 1.807) is 5.56 Å². The summed E-state index contributed by atoms with van der Waals surface area (Å²) < 4.78 is 5.35. The van der Waals surface area contributed by atoms with Crippen LogP contribution in [0.3, 0.4) is 0 Å². The SMILES string of the molecule is [C-]#[N+]c1cc2c(c3c1C1(CCCC1)CC3)c1cc(C34CC5CC(CC(C5)C3)C4)cc3c4c(C)c5c(c(C)c4n2c13)c1cc(C(C)(C)C)cc2c3c4c(c(C#N)cc3n5c21)C1CCC4CC1. The molecule has 0 saturated heterocycles. The first-order valence-corrected chi connectivity index (χ1v) is 25.8. The third-order valence-corrected chi connectivity index (χ3v) is 20.6. The molecule has 6 fully saturated rings. The Morgan fingerprint density at radius 2 is 1.18 bits per heavy atom. The second-order valence-corrected chi connectivity index (χ2v) is 24.7. The van der Waals surface area contributed by atoms with Gasteiger partial charge in [-0.2, -0.15) is 5.26 Å². The molecule has 0 radical (unpaired) electrons. The Labute approximate surface area is 381 Å². The van der Waals surface area contributed by atoms with E-state index in [1.807, 2.05) is 0 Å². The zero-order valence-corrected chi connectivity index (χ0v) is 39.0. The number of nitrogens with zero attached hydrogens (tertiary/aromatic N) is 4. The second-order valence-electron chi connectivity index (χ2n) is 24.7. The highest BCUT2D eigenvalue weighted by Gasteiger charge is 2.52. The molecule has 9 aliphatic carbocycles. The van der Waals surface area contributed by atoms with E-state index in [1.165, 1.54) is 211 Å². The summed E-state index contributed by atoms with van der Waals surface area (Å²) in [6.45, 7) is 20.8. The quantitative estimate of drug-likeness (QED) is 0.152. The van der Waals surface area contributed by atoms with Crippen molar-refractivity contribution >= 4 is 81.9 Å². The Morgan fingerprint density at radius 3 is 1.75 bits per heavy atom. The number of hydrogen-bond acceptors (Lipinski definition) is 1. The van der Waals surface area contributed by atoms with E-state index in [2.05, 4.69) is 90.7 Å². The number of aromatic nitrogens is 2. The van der Waals surface area contributed by atoms with Crippen molar-refractivity contribution in [3.8, 4) is 6.07 Å². The van der Waals surface area contributed by atoms with E-state index in [9.17, 15) is 5.26 Å². The van der Waals surface area contributed by atoms with Gasteiger partial charge in [-0.25, -0.2) is 4.85 Å². The topological polar surface area (TPSA) is 37.0 Å². The van der Waals surface area contributed by atoms with Gasteiger partial charge in [0, 0.05) is 48.6 Å². The maximum Gasteiger partial charge on any atom is 0.193 e. The van der Waals surface area contributed by atoms with Gasteiger partial charge in [0.05, 0.1) is 45.8 Å². The van der Waals surface area contributed by atoms with E-state index in [0.29, 0.717) is 11.8 Å². The van der Waals surface area contributed by atoms with E-state index in [0.717, 1.165) is 35.4 Å². The Morgan fingerprint density at radius 1 is 0.646 bits per heavy atom. The van der Waals surface area contributed by atoms with Gasteiger partial charge in [-0.15, -0.1) is 0 Å². The molecule has 4 nitrogen and oxygen atoms in total. The summed E-state index contributed by atoms with van der Waals surface area (Å²) in [5.41, 5.74) is 21.7. The molecule has 18 rings (SSSR count). The minimum Gasteiger partial charge on any atom is -0.309 e. The highest BCUT2D eigenvalue weighted by Crippen LogP contribution is 2.63. The Hall–Kier alpha value is -5.32. The van der Waals surface area contributed by atoms with Crippen LogP contribution in [0.4, 0.5) is 5.69 Å². The van der Waals surface area contributed by atoms with Crippen LogP contribution in [-0.2, 0) is 22.7 Å². The highest BCUT2D eigenvalue weighted by atomic mass is 14.9. The molecule has 0 aliphatic heterocycles. The fourth-order valence-corrected chi connectivity index (χ4v) is 18.6. The van der Waals surface area contributed by atoms with Crippen LogP contribution in [0.15, 0.2) is 36.4 Å². The van der Waals surface area contributed by atoms with Crippen LogP contribution in [0.2, 0.25) is 0 Å². The van der Waals surface area contributed by atoms with Crippen molar-refractivity contribution in [3.05, 3.63) is 97.9 Å². The average molecular weight is 847 g/mol. The summed E-state index contributed by atoms with van der Waals surface area (Å²) in [7, 11) is 0. The Bertz CT molecular complexity index is 3760. The maximum atomic E-state index is 10.9. The summed E-state index contributed by atoms with van der Waals surface area (Å²) in [5.74, 6) is 3.65. The summed E-state index contributed by atoms with van der Waals surface area (Å²) in [4.78, 5) is 4.45. The molecule has 0 amide bonds. The molecule has 6 bridgehead atoms. The van der Waals surface area contributed by atoms with E-state index >= 15 is 0 Å². The third-order valence-electron chi connectivity index (χ3n) is 20.6. The van der Waals surface area contributed by atoms with Crippen molar-refractivity contribution in [2.75, 3.05) is 0 Å². The van der Waals surface area contributed by atoms with Gasteiger partial charge in [0.2, 0.25) is 0 Å². The molecular weight excluding hydrogens is 789 g/mol. The van der Waals surface area contributed by atoms with Gasteiger partial charge >= 0.3 is 0 Å². The number of benzene rings is 5. The van der Waals surface area contributed by atoms with Crippen molar-refractivity contribution in [1.82, 2.24) is 8.80 Å². The molecule has 4 heteroatoms. The molecule has 4 heterocycles. The lowest BCUT2D eigenvalue weighted by Gasteiger charge is -2.57. The minimum absolute atomic E-state index is 0.0346. The molecule has 0 atom stereocenters. The number of rotatable bonds is 1. The molecule has 0 unspecified atom stereocenters. The lowest BCUT2D eigenvalue weighted by atomic mass is 9.48. The molecule has 4 aromatic heterocycles. The van der Waals surface area contributed by atoms with Crippen LogP contribution < -0.4 is 0 Å².